The van der Waals surface area contributed by atoms with Crippen LogP contribution in [0.5, 0.6) is 5.75 Å². The molecule has 0 amide bonds. The lowest BCUT2D eigenvalue weighted by atomic mass is 9.99. The fourth-order valence-corrected chi connectivity index (χ4v) is 1.86. The SMILES string of the molecule is CC(=O)c1cc(O[C@@H]2O[C@H](CO)[C@H](O)[C@H](O)[C@H]2O)co1. The Balaban J connectivity index is 2.08. The summed E-state index contributed by atoms with van der Waals surface area (Å²) < 4.78 is 15.3. The zero-order valence-electron chi connectivity index (χ0n) is 10.7. The maximum Gasteiger partial charge on any atom is 0.229 e. The van der Waals surface area contributed by atoms with Crippen molar-refractivity contribution >= 4 is 5.78 Å². The second-order valence-corrected chi connectivity index (χ2v) is 4.52. The Kier molecular flexibility index (Phi) is 4.41. The van der Waals surface area contributed by atoms with Crippen LogP contribution in [0.2, 0.25) is 0 Å². The van der Waals surface area contributed by atoms with Gasteiger partial charge in [-0.05, 0) is 0 Å². The maximum absolute atomic E-state index is 11.1. The van der Waals surface area contributed by atoms with Gasteiger partial charge in [0.05, 0.1) is 6.61 Å². The molecule has 1 aliphatic heterocycles. The van der Waals surface area contributed by atoms with E-state index in [4.69, 9.17) is 19.0 Å². The third-order valence-corrected chi connectivity index (χ3v) is 3.02. The molecule has 2 rings (SSSR count). The number of aliphatic hydroxyl groups excluding tert-OH is 4. The van der Waals surface area contributed by atoms with Crippen LogP contribution in [-0.2, 0) is 4.74 Å². The van der Waals surface area contributed by atoms with Crippen LogP contribution in [0.3, 0.4) is 0 Å². The minimum atomic E-state index is -1.52. The quantitative estimate of drug-likeness (QED) is 0.501. The first kappa shape index (κ1) is 14.9. The predicted molar refractivity (Wildman–Crippen MR) is 63.1 cm³/mol. The Morgan fingerprint density at radius 2 is 2.00 bits per heavy atom. The molecular weight excluding hydrogens is 272 g/mol. The Hall–Kier alpha value is -1.45. The van der Waals surface area contributed by atoms with Crippen LogP contribution in [0.4, 0.5) is 0 Å². The number of ketones is 1. The molecule has 8 nitrogen and oxygen atoms in total. The number of hydrogen-bond acceptors (Lipinski definition) is 8. The highest BCUT2D eigenvalue weighted by Gasteiger charge is 2.44. The fourth-order valence-electron chi connectivity index (χ4n) is 1.86. The number of ether oxygens (including phenoxy) is 2. The standard InChI is InChI=1S/C12H16O8/c1-5(14)7-2-6(4-18-7)19-12-11(17)10(16)9(15)8(3-13)20-12/h2,4,8-13,15-17H,3H2,1H3/t8-,9+,10+,11-,12-/m1/s1. The van der Waals surface area contributed by atoms with Crippen molar-refractivity contribution in [3.8, 4) is 5.75 Å². The van der Waals surface area contributed by atoms with Crippen molar-refractivity contribution in [3.05, 3.63) is 18.1 Å². The van der Waals surface area contributed by atoms with Crippen molar-refractivity contribution in [2.24, 2.45) is 0 Å². The van der Waals surface area contributed by atoms with Gasteiger partial charge >= 0.3 is 0 Å². The second-order valence-electron chi connectivity index (χ2n) is 4.52. The summed E-state index contributed by atoms with van der Waals surface area (Å²) in [6.07, 6.45) is -5.70. The number of aliphatic hydroxyl groups is 4. The van der Waals surface area contributed by atoms with Crippen LogP contribution in [0.1, 0.15) is 17.5 Å². The second kappa shape index (κ2) is 5.90. The largest absolute Gasteiger partial charge is 0.459 e. The highest BCUT2D eigenvalue weighted by Crippen LogP contribution is 2.25. The average Bonchev–Trinajstić information content (AvgIpc) is 2.88. The van der Waals surface area contributed by atoms with Crippen molar-refractivity contribution in [3.63, 3.8) is 0 Å². The van der Waals surface area contributed by atoms with Gasteiger partial charge in [0.1, 0.15) is 30.7 Å². The van der Waals surface area contributed by atoms with Crippen molar-refractivity contribution in [2.75, 3.05) is 6.61 Å². The monoisotopic (exact) mass is 288 g/mol. The highest BCUT2D eigenvalue weighted by atomic mass is 16.7. The van der Waals surface area contributed by atoms with E-state index < -0.39 is 37.3 Å². The number of rotatable bonds is 4. The molecule has 2 heterocycles. The van der Waals surface area contributed by atoms with Crippen molar-refractivity contribution in [1.29, 1.82) is 0 Å². The number of carbonyl (C=O) groups excluding carboxylic acids is 1. The van der Waals surface area contributed by atoms with E-state index in [-0.39, 0.29) is 17.3 Å². The molecule has 0 radical (unpaired) electrons. The lowest BCUT2D eigenvalue weighted by molar-refractivity contribution is -0.277. The molecular formula is C12H16O8. The zero-order valence-corrected chi connectivity index (χ0v) is 10.7. The Morgan fingerprint density at radius 3 is 2.55 bits per heavy atom. The van der Waals surface area contributed by atoms with E-state index in [1.807, 2.05) is 0 Å². The summed E-state index contributed by atoms with van der Waals surface area (Å²) in [5.41, 5.74) is 0. The molecule has 5 atom stereocenters. The summed E-state index contributed by atoms with van der Waals surface area (Å²) in [6, 6.07) is 1.31. The Labute approximate surface area is 114 Å². The molecule has 0 saturated carbocycles. The molecule has 20 heavy (non-hydrogen) atoms. The van der Waals surface area contributed by atoms with Crippen molar-refractivity contribution < 1.29 is 39.1 Å². The molecule has 1 aliphatic rings. The Bertz CT molecular complexity index is 468. The molecule has 0 aliphatic carbocycles. The van der Waals surface area contributed by atoms with Crippen LogP contribution in [0, 0.1) is 0 Å². The smallest absolute Gasteiger partial charge is 0.229 e. The molecule has 0 unspecified atom stereocenters. The lowest BCUT2D eigenvalue weighted by Crippen LogP contribution is -2.60. The van der Waals surface area contributed by atoms with Crippen LogP contribution < -0.4 is 4.74 Å². The summed E-state index contributed by atoms with van der Waals surface area (Å²) in [5, 5.41) is 38.0. The maximum atomic E-state index is 11.1. The van der Waals surface area contributed by atoms with E-state index in [9.17, 15) is 20.1 Å². The topological polar surface area (TPSA) is 130 Å². The molecule has 0 aromatic carbocycles. The molecule has 1 saturated heterocycles. The average molecular weight is 288 g/mol. The van der Waals surface area contributed by atoms with Gasteiger partial charge in [0.15, 0.2) is 17.3 Å². The molecule has 1 fully saturated rings. The number of carbonyl (C=O) groups is 1. The van der Waals surface area contributed by atoms with Crippen LogP contribution in [-0.4, -0.2) is 63.5 Å². The molecule has 4 N–H and O–H groups in total. The number of Topliss-reactive ketones (excluding diaryl/α,β-unsaturated/α-hetero) is 1. The van der Waals surface area contributed by atoms with E-state index in [0.717, 1.165) is 6.26 Å². The molecule has 0 spiro atoms. The first-order chi connectivity index (χ1) is 9.43. The molecule has 1 aromatic heterocycles. The zero-order chi connectivity index (χ0) is 14.9. The van der Waals surface area contributed by atoms with Gasteiger partial charge in [-0.1, -0.05) is 0 Å². The van der Waals surface area contributed by atoms with E-state index in [0.29, 0.717) is 0 Å². The normalized spacial score (nSPS) is 34.0. The summed E-state index contributed by atoms with van der Waals surface area (Å²) in [7, 11) is 0. The predicted octanol–water partition coefficient (Wildman–Crippen LogP) is -1.34. The third kappa shape index (κ3) is 2.84. The van der Waals surface area contributed by atoms with Crippen LogP contribution in [0.25, 0.3) is 0 Å². The minimum absolute atomic E-state index is 0.0737. The van der Waals surface area contributed by atoms with E-state index in [1.54, 1.807) is 0 Å². The summed E-state index contributed by atoms with van der Waals surface area (Å²) in [5.74, 6) is -0.0993. The van der Waals surface area contributed by atoms with Crippen molar-refractivity contribution in [2.45, 2.75) is 37.6 Å². The van der Waals surface area contributed by atoms with Crippen molar-refractivity contribution in [1.82, 2.24) is 0 Å². The first-order valence-corrected chi connectivity index (χ1v) is 6.00. The fraction of sp³-hybridized carbons (Fsp3) is 0.583. The number of hydrogen-bond donors (Lipinski definition) is 4. The molecule has 8 heteroatoms. The molecule has 0 bridgehead atoms. The summed E-state index contributed by atoms with van der Waals surface area (Å²) >= 11 is 0. The van der Waals surface area contributed by atoms with E-state index in [1.165, 1.54) is 13.0 Å². The van der Waals surface area contributed by atoms with Gasteiger partial charge in [-0.3, -0.25) is 4.79 Å². The molecule has 1 aromatic rings. The van der Waals surface area contributed by atoms with Gasteiger partial charge in [-0.2, -0.15) is 0 Å². The van der Waals surface area contributed by atoms with Gasteiger partial charge in [0.2, 0.25) is 6.29 Å². The Morgan fingerprint density at radius 1 is 1.30 bits per heavy atom. The van der Waals surface area contributed by atoms with Crippen LogP contribution >= 0.6 is 0 Å². The third-order valence-electron chi connectivity index (χ3n) is 3.02. The summed E-state index contributed by atoms with van der Waals surface area (Å²) in [6.45, 7) is 0.769. The lowest BCUT2D eigenvalue weighted by Gasteiger charge is -2.39. The first-order valence-electron chi connectivity index (χ1n) is 6.00. The highest BCUT2D eigenvalue weighted by molar-refractivity contribution is 5.91. The minimum Gasteiger partial charge on any atom is -0.459 e. The van der Waals surface area contributed by atoms with E-state index in [2.05, 4.69) is 0 Å². The van der Waals surface area contributed by atoms with Gasteiger partial charge < -0.3 is 34.3 Å². The van der Waals surface area contributed by atoms with Gasteiger partial charge in [-0.15, -0.1) is 0 Å². The van der Waals surface area contributed by atoms with Gasteiger partial charge in [0.25, 0.3) is 0 Å². The molecule has 112 valence electrons. The summed E-state index contributed by atoms with van der Waals surface area (Å²) in [4.78, 5) is 11.1. The van der Waals surface area contributed by atoms with Gasteiger partial charge in [0, 0.05) is 13.0 Å². The number of furan rings is 1. The van der Waals surface area contributed by atoms with Crippen LogP contribution in [0.15, 0.2) is 16.7 Å². The van der Waals surface area contributed by atoms with Gasteiger partial charge in [-0.25, -0.2) is 0 Å². The van der Waals surface area contributed by atoms with E-state index >= 15 is 0 Å².